The highest BCUT2D eigenvalue weighted by molar-refractivity contribution is 7.16. The molecule has 2 aromatic carbocycles. The van der Waals surface area contributed by atoms with Crippen LogP contribution < -0.4 is 9.54 Å². The molecule has 0 aliphatic carbocycles. The van der Waals surface area contributed by atoms with Crippen molar-refractivity contribution in [2.75, 3.05) is 20.3 Å². The van der Waals surface area contributed by atoms with Crippen LogP contribution in [0.3, 0.4) is 0 Å². The van der Waals surface area contributed by atoms with Crippen molar-refractivity contribution < 1.29 is 23.8 Å². The zero-order valence-electron chi connectivity index (χ0n) is 18.4. The summed E-state index contributed by atoms with van der Waals surface area (Å²) in [7, 11) is 1.61. The third-order valence-electron chi connectivity index (χ3n) is 4.61. The highest BCUT2D eigenvalue weighted by atomic mass is 35.5. The number of hydrogen-bond acceptors (Lipinski definition) is 6. The lowest BCUT2D eigenvalue weighted by molar-refractivity contribution is -0.130. The van der Waals surface area contributed by atoms with Crippen LogP contribution in [-0.4, -0.2) is 42.4 Å². The number of methoxy groups -OCH3 is 1. The van der Waals surface area contributed by atoms with Crippen molar-refractivity contribution in [1.82, 2.24) is 4.57 Å². The van der Waals surface area contributed by atoms with E-state index in [0.29, 0.717) is 40.9 Å². The Balaban J connectivity index is 1.99. The number of carbonyl (C=O) groups excluding carboxylic acids is 2. The number of esters is 1. The van der Waals surface area contributed by atoms with Crippen LogP contribution in [0.1, 0.15) is 31.1 Å². The number of amides is 1. The Morgan fingerprint density at radius 2 is 1.88 bits per heavy atom. The standard InChI is InChI=1S/C23H25ClN2O5S/c1-5-30-20(27)15-6-11-18-19(14-15)32-22(26(18)12-13-29-4)25-21(28)23(2,3)31-17-9-7-16(24)8-10-17/h6-11,14H,5,12-13H2,1-4H3. The number of benzene rings is 2. The van der Waals surface area contributed by atoms with Crippen LogP contribution in [0, 0.1) is 0 Å². The van der Waals surface area contributed by atoms with Gasteiger partial charge in [0.25, 0.3) is 5.91 Å². The lowest BCUT2D eigenvalue weighted by Crippen LogP contribution is -2.38. The monoisotopic (exact) mass is 476 g/mol. The second-order valence-electron chi connectivity index (χ2n) is 7.42. The first-order valence-corrected chi connectivity index (χ1v) is 11.3. The summed E-state index contributed by atoms with van der Waals surface area (Å²) in [6.45, 7) is 6.33. The van der Waals surface area contributed by atoms with E-state index in [1.54, 1.807) is 64.3 Å². The van der Waals surface area contributed by atoms with Crippen LogP contribution in [-0.2, 0) is 20.8 Å². The minimum atomic E-state index is -1.20. The number of fused-ring (bicyclic) bond motifs is 1. The van der Waals surface area contributed by atoms with Gasteiger partial charge >= 0.3 is 5.97 Å². The van der Waals surface area contributed by atoms with E-state index in [9.17, 15) is 9.59 Å². The molecule has 0 saturated carbocycles. The fraction of sp³-hybridized carbons (Fsp3) is 0.348. The van der Waals surface area contributed by atoms with E-state index in [1.165, 1.54) is 11.3 Å². The van der Waals surface area contributed by atoms with E-state index >= 15 is 0 Å². The van der Waals surface area contributed by atoms with E-state index in [1.807, 2.05) is 10.6 Å². The Hall–Kier alpha value is -2.68. The molecule has 1 heterocycles. The molecule has 0 spiro atoms. The lowest BCUT2D eigenvalue weighted by atomic mass is 10.1. The average Bonchev–Trinajstić information content (AvgIpc) is 3.09. The zero-order valence-corrected chi connectivity index (χ0v) is 20.0. The quantitative estimate of drug-likeness (QED) is 0.448. The summed E-state index contributed by atoms with van der Waals surface area (Å²) in [4.78, 5) is 30.0. The zero-order chi connectivity index (χ0) is 23.3. The Labute approximate surface area is 195 Å². The highest BCUT2D eigenvalue weighted by Gasteiger charge is 2.30. The minimum absolute atomic E-state index is 0.299. The van der Waals surface area contributed by atoms with Crippen molar-refractivity contribution in [1.29, 1.82) is 0 Å². The second-order valence-corrected chi connectivity index (χ2v) is 8.86. The maximum absolute atomic E-state index is 13.0. The molecule has 170 valence electrons. The molecule has 3 rings (SSSR count). The molecule has 9 heteroatoms. The normalized spacial score (nSPS) is 12.2. The van der Waals surface area contributed by atoms with Crippen LogP contribution in [0.15, 0.2) is 47.5 Å². The van der Waals surface area contributed by atoms with Crippen molar-refractivity contribution in [2.45, 2.75) is 32.9 Å². The topological polar surface area (TPSA) is 79.1 Å². The van der Waals surface area contributed by atoms with Crippen LogP contribution >= 0.6 is 22.9 Å². The van der Waals surface area contributed by atoms with Gasteiger partial charge in [-0.15, -0.1) is 0 Å². The van der Waals surface area contributed by atoms with Gasteiger partial charge < -0.3 is 18.8 Å². The molecule has 0 radical (unpaired) electrons. The molecule has 0 atom stereocenters. The smallest absolute Gasteiger partial charge is 0.338 e. The molecule has 0 N–H and O–H groups in total. The SMILES string of the molecule is CCOC(=O)c1ccc2c(c1)sc(=NC(=O)C(C)(C)Oc1ccc(Cl)cc1)n2CCOC. The van der Waals surface area contributed by atoms with E-state index < -0.39 is 17.5 Å². The van der Waals surface area contributed by atoms with Gasteiger partial charge in [0.1, 0.15) is 5.75 Å². The third-order valence-corrected chi connectivity index (χ3v) is 5.90. The molecule has 1 amide bonds. The Kier molecular flexibility index (Phi) is 7.71. The molecule has 0 aliphatic rings. The number of ether oxygens (including phenoxy) is 3. The molecule has 7 nitrogen and oxygen atoms in total. The molecule has 3 aromatic rings. The Morgan fingerprint density at radius 3 is 2.53 bits per heavy atom. The molecular weight excluding hydrogens is 452 g/mol. The summed E-state index contributed by atoms with van der Waals surface area (Å²) < 4.78 is 18.9. The predicted octanol–water partition coefficient (Wildman–Crippen LogP) is 4.46. The summed E-state index contributed by atoms with van der Waals surface area (Å²) in [6.07, 6.45) is 0. The second kappa shape index (κ2) is 10.3. The summed E-state index contributed by atoms with van der Waals surface area (Å²) in [6, 6.07) is 12.1. The van der Waals surface area contributed by atoms with Gasteiger partial charge in [-0.1, -0.05) is 22.9 Å². The van der Waals surface area contributed by atoms with Gasteiger partial charge in [-0.25, -0.2) is 4.79 Å². The number of thiazole rings is 1. The van der Waals surface area contributed by atoms with Crippen molar-refractivity contribution in [3.63, 3.8) is 0 Å². The van der Waals surface area contributed by atoms with E-state index in [0.717, 1.165) is 10.2 Å². The van der Waals surface area contributed by atoms with Crippen molar-refractivity contribution in [3.05, 3.63) is 57.9 Å². The van der Waals surface area contributed by atoms with Gasteiger partial charge in [0.15, 0.2) is 10.4 Å². The van der Waals surface area contributed by atoms with Gasteiger partial charge in [-0.2, -0.15) is 4.99 Å². The summed E-state index contributed by atoms with van der Waals surface area (Å²) in [5.74, 6) is -0.306. The van der Waals surface area contributed by atoms with Crippen molar-refractivity contribution >= 4 is 45.0 Å². The highest BCUT2D eigenvalue weighted by Crippen LogP contribution is 2.23. The summed E-state index contributed by atoms with van der Waals surface area (Å²) in [5.41, 5.74) is 0.103. The fourth-order valence-electron chi connectivity index (χ4n) is 2.96. The molecule has 0 bridgehead atoms. The van der Waals surface area contributed by atoms with E-state index in [4.69, 9.17) is 25.8 Å². The number of halogens is 1. The first kappa shape index (κ1) is 24.0. The van der Waals surface area contributed by atoms with E-state index in [-0.39, 0.29) is 0 Å². The molecule has 0 saturated heterocycles. The van der Waals surface area contributed by atoms with Gasteiger partial charge in [-0.3, -0.25) is 4.79 Å². The number of nitrogens with zero attached hydrogens (tertiary/aromatic N) is 2. The largest absolute Gasteiger partial charge is 0.478 e. The maximum Gasteiger partial charge on any atom is 0.338 e. The minimum Gasteiger partial charge on any atom is -0.478 e. The molecule has 0 unspecified atom stereocenters. The maximum atomic E-state index is 13.0. The van der Waals surface area contributed by atoms with Gasteiger partial charge in [-0.05, 0) is 63.2 Å². The predicted molar refractivity (Wildman–Crippen MR) is 124 cm³/mol. The van der Waals surface area contributed by atoms with E-state index in [2.05, 4.69) is 4.99 Å². The molecular formula is C23H25ClN2O5S. The first-order valence-electron chi connectivity index (χ1n) is 10.1. The molecule has 0 aliphatic heterocycles. The van der Waals surface area contributed by atoms with Crippen LogP contribution in [0.5, 0.6) is 5.75 Å². The molecule has 1 aromatic heterocycles. The summed E-state index contributed by atoms with van der Waals surface area (Å²) in [5, 5.41) is 0.581. The Morgan fingerprint density at radius 1 is 1.16 bits per heavy atom. The van der Waals surface area contributed by atoms with Gasteiger partial charge in [0.2, 0.25) is 0 Å². The average molecular weight is 477 g/mol. The van der Waals surface area contributed by atoms with Gasteiger partial charge in [0.05, 0.1) is 29.0 Å². The van der Waals surface area contributed by atoms with Gasteiger partial charge in [0, 0.05) is 18.7 Å². The third kappa shape index (κ3) is 5.56. The number of rotatable bonds is 8. The van der Waals surface area contributed by atoms with Crippen LogP contribution in [0.25, 0.3) is 10.2 Å². The van der Waals surface area contributed by atoms with Crippen molar-refractivity contribution in [2.24, 2.45) is 4.99 Å². The summed E-state index contributed by atoms with van der Waals surface area (Å²) >= 11 is 7.23. The fourth-order valence-corrected chi connectivity index (χ4v) is 4.18. The number of carbonyl (C=O) groups is 2. The van der Waals surface area contributed by atoms with Crippen LogP contribution in [0.2, 0.25) is 5.02 Å². The number of hydrogen-bond donors (Lipinski definition) is 0. The molecule has 32 heavy (non-hydrogen) atoms. The van der Waals surface area contributed by atoms with Crippen molar-refractivity contribution in [3.8, 4) is 5.75 Å². The first-order chi connectivity index (χ1) is 15.2. The lowest BCUT2D eigenvalue weighted by Gasteiger charge is -2.22. The van der Waals surface area contributed by atoms with Crippen LogP contribution in [0.4, 0.5) is 0 Å². The molecule has 0 fully saturated rings. The Bertz CT molecular complexity index is 1180. The number of aromatic nitrogens is 1.